The molecule has 2 aromatic rings. The van der Waals surface area contributed by atoms with Crippen LogP contribution < -0.4 is 10.2 Å². The highest BCUT2D eigenvalue weighted by Crippen LogP contribution is 2.23. The fourth-order valence-corrected chi connectivity index (χ4v) is 2.51. The van der Waals surface area contributed by atoms with Crippen molar-refractivity contribution in [3.63, 3.8) is 0 Å². The molecule has 1 saturated heterocycles. The Bertz CT molecular complexity index is 653. The molecule has 1 aromatic heterocycles. The van der Waals surface area contributed by atoms with Gasteiger partial charge in [-0.2, -0.15) is 4.39 Å². The standard InChI is InChI=1S/C16H16FN3O/c17-15-14(7-4-8-18-15)16(21)19-12-5-3-6-13(11-12)20-9-1-2-10-20/h3-8,11H,1-2,9-10H2,(H,19,21). The van der Waals surface area contributed by atoms with E-state index >= 15 is 0 Å². The van der Waals surface area contributed by atoms with Gasteiger partial charge in [0.1, 0.15) is 0 Å². The van der Waals surface area contributed by atoms with E-state index in [0.717, 1.165) is 18.8 Å². The minimum absolute atomic E-state index is 0.0518. The number of amides is 1. The third-order valence-electron chi connectivity index (χ3n) is 3.58. The van der Waals surface area contributed by atoms with Crippen molar-refractivity contribution in [3.8, 4) is 0 Å². The summed E-state index contributed by atoms with van der Waals surface area (Å²) in [6, 6.07) is 10.6. The Morgan fingerprint density at radius 3 is 2.76 bits per heavy atom. The van der Waals surface area contributed by atoms with Crippen LogP contribution in [0.15, 0.2) is 42.6 Å². The quantitative estimate of drug-likeness (QED) is 0.881. The van der Waals surface area contributed by atoms with Crippen LogP contribution in [-0.4, -0.2) is 24.0 Å². The molecule has 5 heteroatoms. The van der Waals surface area contributed by atoms with Crippen LogP contribution in [0.2, 0.25) is 0 Å². The Morgan fingerprint density at radius 1 is 1.19 bits per heavy atom. The fraction of sp³-hybridized carbons (Fsp3) is 0.250. The maximum atomic E-state index is 13.5. The molecule has 21 heavy (non-hydrogen) atoms. The number of hydrogen-bond donors (Lipinski definition) is 1. The number of aromatic nitrogens is 1. The number of pyridine rings is 1. The molecule has 0 saturated carbocycles. The molecule has 108 valence electrons. The van der Waals surface area contributed by atoms with E-state index in [1.807, 2.05) is 18.2 Å². The van der Waals surface area contributed by atoms with Crippen molar-refractivity contribution < 1.29 is 9.18 Å². The average molecular weight is 285 g/mol. The van der Waals surface area contributed by atoms with Gasteiger partial charge in [-0.3, -0.25) is 4.79 Å². The molecule has 1 aliphatic heterocycles. The summed E-state index contributed by atoms with van der Waals surface area (Å²) in [6.07, 6.45) is 3.70. The minimum Gasteiger partial charge on any atom is -0.371 e. The summed E-state index contributed by atoms with van der Waals surface area (Å²) in [6.45, 7) is 2.07. The molecule has 0 spiro atoms. The van der Waals surface area contributed by atoms with Crippen molar-refractivity contribution in [2.24, 2.45) is 0 Å². The Kier molecular flexibility index (Phi) is 3.81. The molecule has 1 N–H and O–H groups in total. The predicted octanol–water partition coefficient (Wildman–Crippen LogP) is 3.07. The first-order valence-electron chi connectivity index (χ1n) is 7.01. The second-order valence-corrected chi connectivity index (χ2v) is 5.04. The lowest BCUT2D eigenvalue weighted by Gasteiger charge is -2.18. The first kappa shape index (κ1) is 13.5. The molecule has 0 atom stereocenters. The van der Waals surface area contributed by atoms with Crippen LogP contribution in [0.3, 0.4) is 0 Å². The van der Waals surface area contributed by atoms with Gasteiger partial charge in [0.2, 0.25) is 5.95 Å². The summed E-state index contributed by atoms with van der Waals surface area (Å²) in [5.41, 5.74) is 1.69. The van der Waals surface area contributed by atoms with E-state index in [0.29, 0.717) is 5.69 Å². The zero-order valence-electron chi connectivity index (χ0n) is 11.6. The highest BCUT2D eigenvalue weighted by atomic mass is 19.1. The zero-order valence-corrected chi connectivity index (χ0v) is 11.6. The monoisotopic (exact) mass is 285 g/mol. The topological polar surface area (TPSA) is 45.2 Å². The maximum absolute atomic E-state index is 13.5. The number of anilines is 2. The van der Waals surface area contributed by atoms with Gasteiger partial charge in [0, 0.05) is 30.7 Å². The number of nitrogens with one attached hydrogen (secondary N) is 1. The molecule has 1 amide bonds. The lowest BCUT2D eigenvalue weighted by Crippen LogP contribution is -2.18. The minimum atomic E-state index is -0.759. The summed E-state index contributed by atoms with van der Waals surface area (Å²) in [4.78, 5) is 17.8. The number of rotatable bonds is 3. The van der Waals surface area contributed by atoms with Crippen LogP contribution in [0.5, 0.6) is 0 Å². The van der Waals surface area contributed by atoms with E-state index in [1.54, 1.807) is 12.1 Å². The molecule has 3 rings (SSSR count). The van der Waals surface area contributed by atoms with Gasteiger partial charge in [-0.1, -0.05) is 6.07 Å². The van der Waals surface area contributed by atoms with E-state index in [9.17, 15) is 9.18 Å². The molecular weight excluding hydrogens is 269 g/mol. The van der Waals surface area contributed by atoms with Gasteiger partial charge in [0.05, 0.1) is 5.56 Å². The first-order valence-corrected chi connectivity index (χ1v) is 7.01. The van der Waals surface area contributed by atoms with Crippen LogP contribution >= 0.6 is 0 Å². The summed E-state index contributed by atoms with van der Waals surface area (Å²) >= 11 is 0. The van der Waals surface area contributed by atoms with Crippen LogP contribution in [-0.2, 0) is 0 Å². The predicted molar refractivity (Wildman–Crippen MR) is 80.0 cm³/mol. The number of nitrogens with zero attached hydrogens (tertiary/aromatic N) is 2. The van der Waals surface area contributed by atoms with Gasteiger partial charge in [-0.05, 0) is 43.2 Å². The van der Waals surface area contributed by atoms with E-state index in [4.69, 9.17) is 0 Å². The second kappa shape index (κ2) is 5.91. The number of halogens is 1. The first-order chi connectivity index (χ1) is 10.2. The Labute approximate surface area is 122 Å². The Balaban J connectivity index is 1.77. The fourth-order valence-electron chi connectivity index (χ4n) is 2.51. The highest BCUT2D eigenvalue weighted by molar-refractivity contribution is 6.04. The van der Waals surface area contributed by atoms with Crippen molar-refractivity contribution in [2.75, 3.05) is 23.3 Å². The third kappa shape index (κ3) is 3.02. The average Bonchev–Trinajstić information content (AvgIpc) is 3.02. The Morgan fingerprint density at radius 2 is 2.00 bits per heavy atom. The van der Waals surface area contributed by atoms with Gasteiger partial charge in [-0.15, -0.1) is 0 Å². The van der Waals surface area contributed by atoms with E-state index in [-0.39, 0.29) is 5.56 Å². The number of benzene rings is 1. The number of hydrogen-bond acceptors (Lipinski definition) is 3. The van der Waals surface area contributed by atoms with Crippen LogP contribution in [0, 0.1) is 5.95 Å². The van der Waals surface area contributed by atoms with Gasteiger partial charge in [0.25, 0.3) is 5.91 Å². The molecule has 1 aliphatic rings. The zero-order chi connectivity index (χ0) is 14.7. The molecule has 2 heterocycles. The summed E-state index contributed by atoms with van der Waals surface area (Å²) < 4.78 is 13.5. The smallest absolute Gasteiger partial charge is 0.260 e. The largest absolute Gasteiger partial charge is 0.371 e. The summed E-state index contributed by atoms with van der Waals surface area (Å²) in [5.74, 6) is -1.25. The molecule has 1 aromatic carbocycles. The van der Waals surface area contributed by atoms with E-state index < -0.39 is 11.9 Å². The molecule has 1 fully saturated rings. The van der Waals surface area contributed by atoms with Crippen molar-refractivity contribution in [1.82, 2.24) is 4.98 Å². The van der Waals surface area contributed by atoms with Gasteiger partial charge in [-0.25, -0.2) is 4.98 Å². The molecule has 0 bridgehead atoms. The van der Waals surface area contributed by atoms with Crippen LogP contribution in [0.1, 0.15) is 23.2 Å². The van der Waals surface area contributed by atoms with E-state index in [2.05, 4.69) is 15.2 Å². The van der Waals surface area contributed by atoms with Gasteiger partial charge >= 0.3 is 0 Å². The van der Waals surface area contributed by atoms with Gasteiger partial charge in [0.15, 0.2) is 0 Å². The molecule has 4 nitrogen and oxygen atoms in total. The molecule has 0 unspecified atom stereocenters. The van der Waals surface area contributed by atoms with Crippen molar-refractivity contribution in [2.45, 2.75) is 12.8 Å². The SMILES string of the molecule is O=C(Nc1cccc(N2CCCC2)c1)c1cccnc1F. The highest BCUT2D eigenvalue weighted by Gasteiger charge is 2.15. The maximum Gasteiger partial charge on any atom is 0.260 e. The number of carbonyl (C=O) groups excluding carboxylic acids is 1. The molecule has 0 aliphatic carbocycles. The summed E-state index contributed by atoms with van der Waals surface area (Å²) in [7, 11) is 0. The lowest BCUT2D eigenvalue weighted by atomic mass is 10.2. The van der Waals surface area contributed by atoms with Crippen LogP contribution in [0.25, 0.3) is 0 Å². The van der Waals surface area contributed by atoms with Crippen LogP contribution in [0.4, 0.5) is 15.8 Å². The van der Waals surface area contributed by atoms with Crippen molar-refractivity contribution in [3.05, 3.63) is 54.1 Å². The summed E-state index contributed by atoms with van der Waals surface area (Å²) in [5, 5.41) is 2.72. The molecular formula is C16H16FN3O. The number of carbonyl (C=O) groups is 1. The Hall–Kier alpha value is -2.43. The van der Waals surface area contributed by atoms with Crippen molar-refractivity contribution in [1.29, 1.82) is 0 Å². The lowest BCUT2D eigenvalue weighted by molar-refractivity contribution is 0.102. The van der Waals surface area contributed by atoms with Gasteiger partial charge < -0.3 is 10.2 Å². The third-order valence-corrected chi connectivity index (χ3v) is 3.58. The van der Waals surface area contributed by atoms with E-state index in [1.165, 1.54) is 25.1 Å². The second-order valence-electron chi connectivity index (χ2n) is 5.04. The molecule has 0 radical (unpaired) electrons. The van der Waals surface area contributed by atoms with Crippen molar-refractivity contribution >= 4 is 17.3 Å². The normalized spacial score (nSPS) is 14.2.